The number of benzene rings is 3. The van der Waals surface area contributed by atoms with Gasteiger partial charge < -0.3 is 9.73 Å². The molecule has 150 valence electrons. The number of aryl methyl sites for hydroxylation is 1. The van der Waals surface area contributed by atoms with Crippen LogP contribution in [0, 0.1) is 6.92 Å². The number of hydrogen-bond donors (Lipinski definition) is 1. The third kappa shape index (κ3) is 4.15. The Bertz CT molecular complexity index is 1150. The average Bonchev–Trinajstić information content (AvgIpc) is 3.26. The van der Waals surface area contributed by atoms with E-state index in [2.05, 4.69) is 15.5 Å². The van der Waals surface area contributed by atoms with Crippen molar-refractivity contribution in [2.75, 3.05) is 5.32 Å². The van der Waals surface area contributed by atoms with Crippen LogP contribution in [0.4, 0.5) is 5.69 Å². The van der Waals surface area contributed by atoms with Crippen LogP contribution in [0.1, 0.15) is 30.4 Å². The summed E-state index contributed by atoms with van der Waals surface area (Å²) in [4.78, 5) is 12.9. The van der Waals surface area contributed by atoms with Gasteiger partial charge in [-0.2, -0.15) is 0 Å². The monoisotopic (exact) mass is 397 g/mol. The second-order valence-electron chi connectivity index (χ2n) is 7.17. The van der Waals surface area contributed by atoms with Crippen molar-refractivity contribution in [3.63, 3.8) is 0 Å². The maximum atomic E-state index is 12.9. The van der Waals surface area contributed by atoms with Crippen LogP contribution >= 0.6 is 0 Å². The van der Waals surface area contributed by atoms with E-state index in [0.29, 0.717) is 17.5 Å². The zero-order chi connectivity index (χ0) is 20.9. The smallest absolute Gasteiger partial charge is 0.248 e. The summed E-state index contributed by atoms with van der Waals surface area (Å²) in [6, 6.07) is 25.2. The second kappa shape index (κ2) is 8.74. The molecule has 0 aliphatic rings. The molecular weight excluding hydrogens is 374 g/mol. The van der Waals surface area contributed by atoms with Crippen LogP contribution in [0.25, 0.3) is 22.9 Å². The molecule has 5 nitrogen and oxygen atoms in total. The van der Waals surface area contributed by atoms with Gasteiger partial charge in [-0.25, -0.2) is 0 Å². The molecule has 1 atom stereocenters. The summed E-state index contributed by atoms with van der Waals surface area (Å²) in [5.74, 6) is 0.657. The minimum atomic E-state index is -0.203. The van der Waals surface area contributed by atoms with Crippen LogP contribution in [-0.2, 0) is 4.79 Å². The largest absolute Gasteiger partial charge is 0.416 e. The topological polar surface area (TPSA) is 68.0 Å². The number of amides is 1. The van der Waals surface area contributed by atoms with Crippen molar-refractivity contribution < 1.29 is 9.21 Å². The number of nitrogens with zero attached hydrogens (tertiary/aromatic N) is 2. The lowest BCUT2D eigenvalue weighted by Crippen LogP contribution is -2.20. The average molecular weight is 397 g/mol. The fourth-order valence-corrected chi connectivity index (χ4v) is 3.48. The number of hydrogen-bond acceptors (Lipinski definition) is 4. The predicted molar refractivity (Wildman–Crippen MR) is 118 cm³/mol. The van der Waals surface area contributed by atoms with Gasteiger partial charge in [0.05, 0.1) is 5.92 Å². The molecule has 0 aliphatic carbocycles. The highest BCUT2D eigenvalue weighted by molar-refractivity contribution is 5.96. The summed E-state index contributed by atoms with van der Waals surface area (Å²) in [5, 5.41) is 11.4. The van der Waals surface area contributed by atoms with Gasteiger partial charge in [-0.1, -0.05) is 61.5 Å². The first kappa shape index (κ1) is 19.6. The Morgan fingerprint density at radius 1 is 0.933 bits per heavy atom. The molecule has 1 unspecified atom stereocenters. The minimum Gasteiger partial charge on any atom is -0.416 e. The zero-order valence-corrected chi connectivity index (χ0v) is 17.0. The van der Waals surface area contributed by atoms with Gasteiger partial charge in [0.2, 0.25) is 17.7 Å². The van der Waals surface area contributed by atoms with E-state index in [-0.39, 0.29) is 11.8 Å². The highest BCUT2D eigenvalue weighted by atomic mass is 16.4. The zero-order valence-electron chi connectivity index (χ0n) is 17.0. The molecule has 4 rings (SSSR count). The van der Waals surface area contributed by atoms with Crippen molar-refractivity contribution in [3.8, 4) is 22.9 Å². The summed E-state index contributed by atoms with van der Waals surface area (Å²) in [5.41, 5.74) is 4.44. The first-order chi connectivity index (χ1) is 14.7. The molecule has 1 aromatic heterocycles. The van der Waals surface area contributed by atoms with Gasteiger partial charge in [-0.3, -0.25) is 4.79 Å². The molecule has 0 fully saturated rings. The SMILES string of the molecule is CCC(C(=O)Nc1cccc(-c2nnc(-c3ccccc3C)o2)c1)c1ccccc1. The number of nitrogens with one attached hydrogen (secondary N) is 1. The van der Waals surface area contributed by atoms with E-state index < -0.39 is 0 Å². The van der Waals surface area contributed by atoms with E-state index in [4.69, 9.17) is 4.42 Å². The van der Waals surface area contributed by atoms with Gasteiger partial charge in [0.1, 0.15) is 0 Å². The minimum absolute atomic E-state index is 0.0352. The number of aromatic nitrogens is 2. The molecule has 1 heterocycles. The van der Waals surface area contributed by atoms with Crippen LogP contribution in [0.2, 0.25) is 0 Å². The fourth-order valence-electron chi connectivity index (χ4n) is 3.48. The quantitative estimate of drug-likeness (QED) is 0.443. The Kier molecular flexibility index (Phi) is 5.70. The second-order valence-corrected chi connectivity index (χ2v) is 7.17. The lowest BCUT2D eigenvalue weighted by molar-refractivity contribution is -0.117. The van der Waals surface area contributed by atoms with Crippen LogP contribution in [-0.4, -0.2) is 16.1 Å². The molecule has 0 saturated carbocycles. The van der Waals surface area contributed by atoms with Crippen LogP contribution in [0.3, 0.4) is 0 Å². The molecule has 4 aromatic rings. The fraction of sp³-hybridized carbons (Fsp3) is 0.160. The molecular formula is C25H23N3O2. The third-order valence-corrected chi connectivity index (χ3v) is 5.10. The van der Waals surface area contributed by atoms with Gasteiger partial charge in [0.25, 0.3) is 0 Å². The Hall–Kier alpha value is -3.73. The number of anilines is 1. The molecule has 1 N–H and O–H groups in total. The van der Waals surface area contributed by atoms with Crippen molar-refractivity contribution in [2.24, 2.45) is 0 Å². The molecule has 5 heteroatoms. The molecule has 0 saturated heterocycles. The van der Waals surface area contributed by atoms with Gasteiger partial charge >= 0.3 is 0 Å². The van der Waals surface area contributed by atoms with E-state index >= 15 is 0 Å². The lowest BCUT2D eigenvalue weighted by Gasteiger charge is -2.15. The lowest BCUT2D eigenvalue weighted by atomic mass is 9.95. The van der Waals surface area contributed by atoms with E-state index in [0.717, 1.165) is 28.7 Å². The summed E-state index contributed by atoms with van der Waals surface area (Å²) >= 11 is 0. The molecule has 0 radical (unpaired) electrons. The summed E-state index contributed by atoms with van der Waals surface area (Å²) in [6.45, 7) is 4.02. The normalized spacial score (nSPS) is 11.8. The van der Waals surface area contributed by atoms with E-state index in [1.54, 1.807) is 0 Å². The van der Waals surface area contributed by atoms with E-state index in [1.165, 1.54) is 0 Å². The van der Waals surface area contributed by atoms with Crippen LogP contribution in [0.5, 0.6) is 0 Å². The Labute approximate surface area is 175 Å². The van der Waals surface area contributed by atoms with Crippen molar-refractivity contribution in [3.05, 3.63) is 90.0 Å². The molecule has 0 spiro atoms. The maximum absolute atomic E-state index is 12.9. The number of carbonyl (C=O) groups excluding carboxylic acids is 1. The van der Waals surface area contributed by atoms with Gasteiger partial charge in [-0.15, -0.1) is 10.2 Å². The van der Waals surface area contributed by atoms with Crippen molar-refractivity contribution >= 4 is 11.6 Å². The van der Waals surface area contributed by atoms with Gasteiger partial charge in [0.15, 0.2) is 0 Å². The molecule has 30 heavy (non-hydrogen) atoms. The standard InChI is InChI=1S/C25H23N3O2/c1-3-21(18-11-5-4-6-12-18)23(29)26-20-14-9-13-19(16-20)24-27-28-25(30-24)22-15-8-7-10-17(22)2/h4-16,21H,3H2,1-2H3,(H,26,29). The number of rotatable bonds is 6. The van der Waals surface area contributed by atoms with Crippen LogP contribution < -0.4 is 5.32 Å². The Balaban J connectivity index is 1.55. The summed E-state index contributed by atoms with van der Waals surface area (Å²) < 4.78 is 5.90. The van der Waals surface area contributed by atoms with Crippen molar-refractivity contribution in [1.82, 2.24) is 10.2 Å². The van der Waals surface area contributed by atoms with Crippen LogP contribution in [0.15, 0.2) is 83.3 Å². The first-order valence-electron chi connectivity index (χ1n) is 10.0. The highest BCUT2D eigenvalue weighted by Gasteiger charge is 2.19. The highest BCUT2D eigenvalue weighted by Crippen LogP contribution is 2.28. The van der Waals surface area contributed by atoms with E-state index in [9.17, 15) is 4.79 Å². The molecule has 0 aliphatic heterocycles. The van der Waals surface area contributed by atoms with Crippen molar-refractivity contribution in [2.45, 2.75) is 26.2 Å². The Morgan fingerprint density at radius 2 is 1.67 bits per heavy atom. The first-order valence-corrected chi connectivity index (χ1v) is 10.0. The molecule has 3 aromatic carbocycles. The van der Waals surface area contributed by atoms with Gasteiger partial charge in [0, 0.05) is 16.8 Å². The maximum Gasteiger partial charge on any atom is 0.248 e. The summed E-state index contributed by atoms with van der Waals surface area (Å²) in [7, 11) is 0. The predicted octanol–water partition coefficient (Wildman–Crippen LogP) is 5.84. The third-order valence-electron chi connectivity index (χ3n) is 5.10. The Morgan fingerprint density at radius 3 is 2.43 bits per heavy atom. The summed E-state index contributed by atoms with van der Waals surface area (Å²) in [6.07, 6.45) is 0.721. The number of carbonyl (C=O) groups is 1. The van der Waals surface area contributed by atoms with E-state index in [1.807, 2.05) is 92.7 Å². The molecule has 1 amide bonds. The van der Waals surface area contributed by atoms with Crippen molar-refractivity contribution in [1.29, 1.82) is 0 Å². The van der Waals surface area contributed by atoms with Gasteiger partial charge in [-0.05, 0) is 48.7 Å². The molecule has 0 bridgehead atoms.